The van der Waals surface area contributed by atoms with Gasteiger partial charge in [0, 0.05) is 10.0 Å². The maximum atomic E-state index is 14.4. The molecule has 0 bridgehead atoms. The van der Waals surface area contributed by atoms with Crippen molar-refractivity contribution in [1.29, 1.82) is 0 Å². The minimum Gasteiger partial charge on any atom is -0.494 e. The Bertz CT molecular complexity index is 599. The molecule has 2 aromatic rings. The molecule has 0 amide bonds. The van der Waals surface area contributed by atoms with E-state index in [2.05, 4.69) is 21.4 Å². The third-order valence-corrected chi connectivity index (χ3v) is 3.55. The summed E-state index contributed by atoms with van der Waals surface area (Å²) >= 11 is 3.44. The van der Waals surface area contributed by atoms with E-state index in [4.69, 9.17) is 10.6 Å². The molecule has 0 fully saturated rings. The second-order valence-corrected chi connectivity index (χ2v) is 5.44. The van der Waals surface area contributed by atoms with Gasteiger partial charge in [0.2, 0.25) is 0 Å². The Balaban J connectivity index is 2.52. The van der Waals surface area contributed by atoms with Crippen LogP contribution in [-0.4, -0.2) is 7.11 Å². The lowest BCUT2D eigenvalue weighted by Gasteiger charge is -2.19. The zero-order chi connectivity index (χ0) is 14.7. The van der Waals surface area contributed by atoms with Gasteiger partial charge in [0.1, 0.15) is 0 Å². The average molecular weight is 339 g/mol. The van der Waals surface area contributed by atoms with E-state index in [0.29, 0.717) is 5.56 Å². The summed E-state index contributed by atoms with van der Waals surface area (Å²) in [6.07, 6.45) is 0. The Kier molecular flexibility index (Phi) is 4.75. The molecule has 0 aliphatic heterocycles. The number of rotatable bonds is 4. The summed E-state index contributed by atoms with van der Waals surface area (Å²) in [4.78, 5) is 0. The first-order chi connectivity index (χ1) is 9.56. The molecule has 1 unspecified atom stereocenters. The van der Waals surface area contributed by atoms with Gasteiger partial charge in [-0.1, -0.05) is 34.1 Å². The van der Waals surface area contributed by atoms with Gasteiger partial charge in [0.05, 0.1) is 13.2 Å². The first-order valence-electron chi connectivity index (χ1n) is 6.12. The van der Waals surface area contributed by atoms with E-state index in [1.807, 2.05) is 25.1 Å². The van der Waals surface area contributed by atoms with Crippen molar-refractivity contribution in [3.05, 3.63) is 63.4 Å². The summed E-state index contributed by atoms with van der Waals surface area (Å²) in [6, 6.07) is 10.4. The number of halogens is 2. The van der Waals surface area contributed by atoms with Crippen molar-refractivity contribution >= 4 is 15.9 Å². The summed E-state index contributed by atoms with van der Waals surface area (Å²) in [6.45, 7) is 1.98. The van der Waals surface area contributed by atoms with Crippen molar-refractivity contribution in [3.8, 4) is 5.75 Å². The highest BCUT2D eigenvalue weighted by Crippen LogP contribution is 2.30. The van der Waals surface area contributed by atoms with Gasteiger partial charge >= 0.3 is 0 Å². The van der Waals surface area contributed by atoms with Crippen LogP contribution in [-0.2, 0) is 0 Å². The monoisotopic (exact) mass is 338 g/mol. The Morgan fingerprint density at radius 1 is 1.30 bits per heavy atom. The minimum absolute atomic E-state index is 0.203. The van der Waals surface area contributed by atoms with Gasteiger partial charge in [-0.2, -0.15) is 0 Å². The molecule has 0 aromatic heterocycles. The standard InChI is InChI=1S/C15H16BrFN2O/c1-9-6-10(8-11(16)7-9)15(19-18)12-4-3-5-13(20-2)14(12)17/h3-8,15,19H,18H2,1-2H3. The van der Waals surface area contributed by atoms with Gasteiger partial charge in [-0.05, 0) is 36.2 Å². The first-order valence-corrected chi connectivity index (χ1v) is 6.91. The number of nitrogens with two attached hydrogens (primary N) is 1. The molecule has 20 heavy (non-hydrogen) atoms. The highest BCUT2D eigenvalue weighted by atomic mass is 79.9. The Morgan fingerprint density at radius 3 is 2.65 bits per heavy atom. The molecule has 3 nitrogen and oxygen atoms in total. The quantitative estimate of drug-likeness (QED) is 0.663. The zero-order valence-electron chi connectivity index (χ0n) is 11.3. The second kappa shape index (κ2) is 6.35. The highest BCUT2D eigenvalue weighted by Gasteiger charge is 2.19. The van der Waals surface area contributed by atoms with Crippen molar-refractivity contribution in [1.82, 2.24) is 5.43 Å². The number of hydrazine groups is 1. The molecule has 0 aliphatic carbocycles. The molecule has 0 saturated carbocycles. The van der Waals surface area contributed by atoms with Crippen LogP contribution in [0.4, 0.5) is 4.39 Å². The average Bonchev–Trinajstić information content (AvgIpc) is 2.40. The van der Waals surface area contributed by atoms with E-state index in [1.54, 1.807) is 18.2 Å². The fourth-order valence-corrected chi connectivity index (χ4v) is 2.83. The number of ether oxygens (including phenoxy) is 1. The van der Waals surface area contributed by atoms with Crippen LogP contribution in [0.3, 0.4) is 0 Å². The molecular weight excluding hydrogens is 323 g/mol. The number of benzene rings is 2. The number of aryl methyl sites for hydroxylation is 1. The number of hydrogen-bond acceptors (Lipinski definition) is 3. The highest BCUT2D eigenvalue weighted by molar-refractivity contribution is 9.10. The van der Waals surface area contributed by atoms with Crippen LogP contribution < -0.4 is 16.0 Å². The third-order valence-electron chi connectivity index (χ3n) is 3.09. The largest absolute Gasteiger partial charge is 0.494 e. The van der Waals surface area contributed by atoms with Crippen LogP contribution in [0.1, 0.15) is 22.7 Å². The normalized spacial score (nSPS) is 12.2. The van der Waals surface area contributed by atoms with E-state index < -0.39 is 11.9 Å². The lowest BCUT2D eigenvalue weighted by atomic mass is 9.97. The van der Waals surface area contributed by atoms with Crippen molar-refractivity contribution in [2.45, 2.75) is 13.0 Å². The van der Waals surface area contributed by atoms with Crippen molar-refractivity contribution in [2.75, 3.05) is 7.11 Å². The minimum atomic E-state index is -0.443. The first kappa shape index (κ1) is 15.0. The van der Waals surface area contributed by atoms with Gasteiger partial charge < -0.3 is 4.74 Å². The summed E-state index contributed by atoms with van der Waals surface area (Å²) in [5.41, 5.74) is 5.06. The van der Waals surface area contributed by atoms with Gasteiger partial charge in [-0.15, -0.1) is 0 Å². The van der Waals surface area contributed by atoms with Crippen LogP contribution in [0, 0.1) is 12.7 Å². The summed E-state index contributed by atoms with van der Waals surface area (Å²) in [7, 11) is 1.44. The molecule has 106 valence electrons. The zero-order valence-corrected chi connectivity index (χ0v) is 12.9. The molecule has 0 radical (unpaired) electrons. The molecule has 1 atom stereocenters. The van der Waals surface area contributed by atoms with Gasteiger partial charge in [-0.25, -0.2) is 9.82 Å². The van der Waals surface area contributed by atoms with Crippen LogP contribution in [0.25, 0.3) is 0 Å². The van der Waals surface area contributed by atoms with E-state index >= 15 is 0 Å². The van der Waals surface area contributed by atoms with Crippen molar-refractivity contribution in [2.24, 2.45) is 5.84 Å². The SMILES string of the molecule is COc1cccc(C(NN)c2cc(C)cc(Br)c2)c1F. The molecule has 2 aromatic carbocycles. The van der Waals surface area contributed by atoms with E-state index in [1.165, 1.54) is 7.11 Å². The van der Waals surface area contributed by atoms with E-state index in [-0.39, 0.29) is 5.75 Å². The molecule has 0 saturated heterocycles. The van der Waals surface area contributed by atoms with E-state index in [0.717, 1.165) is 15.6 Å². The van der Waals surface area contributed by atoms with Gasteiger partial charge in [0.25, 0.3) is 0 Å². The molecule has 0 heterocycles. The number of methoxy groups -OCH3 is 1. The number of nitrogens with one attached hydrogen (secondary N) is 1. The second-order valence-electron chi connectivity index (χ2n) is 4.53. The summed E-state index contributed by atoms with van der Waals surface area (Å²) < 4.78 is 20.3. The lowest BCUT2D eigenvalue weighted by Crippen LogP contribution is -2.29. The predicted molar refractivity (Wildman–Crippen MR) is 81.0 cm³/mol. The maximum absolute atomic E-state index is 14.4. The van der Waals surface area contributed by atoms with Crippen LogP contribution in [0.5, 0.6) is 5.75 Å². The fourth-order valence-electron chi connectivity index (χ4n) is 2.21. The van der Waals surface area contributed by atoms with Crippen molar-refractivity contribution in [3.63, 3.8) is 0 Å². The third kappa shape index (κ3) is 3.00. The number of hydrogen-bond donors (Lipinski definition) is 2. The van der Waals surface area contributed by atoms with Gasteiger partial charge in [0.15, 0.2) is 11.6 Å². The Hall–Kier alpha value is -1.43. The summed E-state index contributed by atoms with van der Waals surface area (Å²) in [5, 5.41) is 0. The smallest absolute Gasteiger partial charge is 0.170 e. The van der Waals surface area contributed by atoms with Crippen molar-refractivity contribution < 1.29 is 9.13 Å². The topological polar surface area (TPSA) is 47.3 Å². The predicted octanol–water partition coefficient (Wildman–Crippen LogP) is 3.46. The molecular formula is C15H16BrFN2O. The molecule has 2 rings (SSSR count). The lowest BCUT2D eigenvalue weighted by molar-refractivity contribution is 0.381. The Labute approximate surface area is 126 Å². The maximum Gasteiger partial charge on any atom is 0.170 e. The van der Waals surface area contributed by atoms with Crippen LogP contribution in [0.15, 0.2) is 40.9 Å². The van der Waals surface area contributed by atoms with E-state index in [9.17, 15) is 4.39 Å². The molecule has 5 heteroatoms. The molecule has 0 spiro atoms. The van der Waals surface area contributed by atoms with Gasteiger partial charge in [-0.3, -0.25) is 5.84 Å². The Morgan fingerprint density at radius 2 is 2.05 bits per heavy atom. The summed E-state index contributed by atoms with van der Waals surface area (Å²) in [5.74, 6) is 5.42. The molecule has 0 aliphatic rings. The fraction of sp³-hybridized carbons (Fsp3) is 0.200. The van der Waals surface area contributed by atoms with Crippen LogP contribution in [0.2, 0.25) is 0 Å². The molecule has 3 N–H and O–H groups in total. The van der Waals surface area contributed by atoms with Crippen LogP contribution >= 0.6 is 15.9 Å².